The molecule has 0 radical (unpaired) electrons. The molecule has 2 aromatic carbocycles. The second-order valence-electron chi connectivity index (χ2n) is 9.73. The normalized spacial score (nSPS) is 25.5. The smallest absolute Gasteiger partial charge is 0.370 e. The summed E-state index contributed by atoms with van der Waals surface area (Å²) < 4.78 is 38.9. The van der Waals surface area contributed by atoms with Crippen LogP contribution >= 0.6 is 11.3 Å². The first kappa shape index (κ1) is 24.3. The number of halogens is 3. The second-order valence-corrected chi connectivity index (χ2v) is 10.8. The van der Waals surface area contributed by atoms with Crippen molar-refractivity contribution in [2.75, 3.05) is 18.0 Å². The average molecular weight is 501 g/mol. The zero-order chi connectivity index (χ0) is 24.5. The average Bonchev–Trinajstić information content (AvgIpc) is 3.37. The molecule has 0 amide bonds. The number of nitrogens with zero attached hydrogens (tertiary/aromatic N) is 2. The van der Waals surface area contributed by atoms with E-state index in [0.29, 0.717) is 0 Å². The van der Waals surface area contributed by atoms with Crippen LogP contribution in [0.4, 0.5) is 18.9 Å². The maximum absolute atomic E-state index is 13.0. The molecular formula is C27H31F3N4S. The van der Waals surface area contributed by atoms with Crippen molar-refractivity contribution in [1.29, 1.82) is 0 Å². The van der Waals surface area contributed by atoms with Gasteiger partial charge in [-0.3, -0.25) is 0 Å². The van der Waals surface area contributed by atoms with E-state index in [1.807, 2.05) is 24.4 Å². The van der Waals surface area contributed by atoms with Crippen molar-refractivity contribution in [3.05, 3.63) is 71.4 Å². The molecule has 1 aliphatic heterocycles. The zero-order valence-corrected chi connectivity index (χ0v) is 20.4. The van der Waals surface area contributed by atoms with Crippen molar-refractivity contribution in [2.45, 2.75) is 62.3 Å². The molecule has 0 spiro atoms. The molecule has 35 heavy (non-hydrogen) atoms. The minimum atomic E-state index is -4.31. The zero-order valence-electron chi connectivity index (χ0n) is 19.6. The first-order valence-corrected chi connectivity index (χ1v) is 13.1. The van der Waals surface area contributed by atoms with Gasteiger partial charge in [0.25, 0.3) is 0 Å². The van der Waals surface area contributed by atoms with E-state index in [9.17, 15) is 13.2 Å². The molecule has 3 aromatic rings. The van der Waals surface area contributed by atoms with Gasteiger partial charge >= 0.3 is 6.18 Å². The summed E-state index contributed by atoms with van der Waals surface area (Å²) in [4.78, 5) is 8.08. The number of thiazole rings is 1. The molecule has 0 bridgehead atoms. The van der Waals surface area contributed by atoms with E-state index in [0.717, 1.165) is 72.8 Å². The van der Waals surface area contributed by atoms with E-state index >= 15 is 0 Å². The van der Waals surface area contributed by atoms with Crippen LogP contribution in [0.3, 0.4) is 0 Å². The number of alkyl halides is 3. The van der Waals surface area contributed by atoms with Gasteiger partial charge in [-0.15, -0.1) is 11.3 Å². The summed E-state index contributed by atoms with van der Waals surface area (Å²) in [6.45, 7) is 1.60. The monoisotopic (exact) mass is 500 g/mol. The number of rotatable bonds is 5. The highest BCUT2D eigenvalue weighted by molar-refractivity contribution is 7.15. The van der Waals surface area contributed by atoms with Gasteiger partial charge < -0.3 is 16.0 Å². The lowest BCUT2D eigenvalue weighted by Crippen LogP contribution is -2.60. The lowest BCUT2D eigenvalue weighted by molar-refractivity contribution is -0.137. The van der Waals surface area contributed by atoms with Crippen molar-refractivity contribution < 1.29 is 13.2 Å². The van der Waals surface area contributed by atoms with Crippen LogP contribution in [0.15, 0.2) is 60.8 Å². The van der Waals surface area contributed by atoms with Gasteiger partial charge in [-0.2, -0.15) is 13.2 Å². The number of benzene rings is 2. The highest BCUT2D eigenvalue weighted by Gasteiger charge is 2.42. The largest absolute Gasteiger partial charge is 0.416 e. The summed E-state index contributed by atoms with van der Waals surface area (Å²) in [5, 5.41) is 4.83. The SMILES string of the molecule is NC1(c2ncc(-c3ccccc3)s2)CCCCC1NC1CCCN(c2ccc(C(F)(F)F)cc2)C1. The summed E-state index contributed by atoms with van der Waals surface area (Å²) in [7, 11) is 0. The summed E-state index contributed by atoms with van der Waals surface area (Å²) in [6.07, 6.45) is 3.72. The summed E-state index contributed by atoms with van der Waals surface area (Å²) in [6, 6.07) is 16.1. The molecule has 3 atom stereocenters. The Morgan fingerprint density at radius 2 is 1.77 bits per heavy atom. The maximum Gasteiger partial charge on any atom is 0.416 e. The maximum atomic E-state index is 13.0. The first-order chi connectivity index (χ1) is 16.8. The Morgan fingerprint density at radius 1 is 1.00 bits per heavy atom. The van der Waals surface area contributed by atoms with Crippen molar-refractivity contribution in [1.82, 2.24) is 10.3 Å². The minimum absolute atomic E-state index is 0.114. The van der Waals surface area contributed by atoms with Crippen LogP contribution in [0.25, 0.3) is 10.4 Å². The number of piperidine rings is 1. The predicted octanol–water partition coefficient (Wildman–Crippen LogP) is 6.18. The molecule has 5 rings (SSSR count). The summed E-state index contributed by atoms with van der Waals surface area (Å²) >= 11 is 1.68. The topological polar surface area (TPSA) is 54.2 Å². The fraction of sp³-hybridized carbons (Fsp3) is 0.444. The molecule has 186 valence electrons. The lowest BCUT2D eigenvalue weighted by atomic mass is 9.78. The number of aromatic nitrogens is 1. The molecule has 3 N–H and O–H groups in total. The molecule has 3 unspecified atom stereocenters. The molecule has 1 saturated heterocycles. The number of nitrogens with one attached hydrogen (secondary N) is 1. The van der Waals surface area contributed by atoms with Gasteiger partial charge in [0, 0.05) is 37.1 Å². The van der Waals surface area contributed by atoms with Gasteiger partial charge in [0.1, 0.15) is 5.01 Å². The standard InChI is InChI=1S/C27H31F3N4S/c28-27(29,30)20-11-13-22(14-12-20)34-16-6-9-21(18-34)33-24-10-4-5-15-26(24,31)25-32-17-23(35-25)19-7-2-1-3-8-19/h1-3,7-8,11-14,17,21,24,33H,4-6,9-10,15-16,18,31H2. The van der Waals surface area contributed by atoms with Gasteiger partial charge in [0.2, 0.25) is 0 Å². The van der Waals surface area contributed by atoms with E-state index in [1.54, 1.807) is 23.5 Å². The van der Waals surface area contributed by atoms with E-state index in [4.69, 9.17) is 10.7 Å². The van der Waals surface area contributed by atoms with Crippen LogP contribution in [0.1, 0.15) is 49.1 Å². The van der Waals surface area contributed by atoms with Gasteiger partial charge in [-0.25, -0.2) is 4.98 Å². The van der Waals surface area contributed by atoms with E-state index < -0.39 is 17.3 Å². The second kappa shape index (κ2) is 9.91. The quantitative estimate of drug-likeness (QED) is 0.439. The number of nitrogens with two attached hydrogens (primary N) is 1. The van der Waals surface area contributed by atoms with Crippen LogP contribution in [-0.2, 0) is 11.7 Å². The molecule has 4 nitrogen and oxygen atoms in total. The number of hydrogen-bond donors (Lipinski definition) is 2. The third-order valence-corrected chi connectivity index (χ3v) is 8.58. The predicted molar refractivity (Wildman–Crippen MR) is 135 cm³/mol. The molecule has 2 heterocycles. The van der Waals surface area contributed by atoms with E-state index in [2.05, 4.69) is 22.3 Å². The highest BCUT2D eigenvalue weighted by Crippen LogP contribution is 2.40. The van der Waals surface area contributed by atoms with Gasteiger partial charge in [-0.1, -0.05) is 43.2 Å². The van der Waals surface area contributed by atoms with Crippen LogP contribution < -0.4 is 16.0 Å². The number of anilines is 1. The number of hydrogen-bond acceptors (Lipinski definition) is 5. The lowest BCUT2D eigenvalue weighted by Gasteiger charge is -2.44. The molecule has 8 heteroatoms. The van der Waals surface area contributed by atoms with E-state index in [-0.39, 0.29) is 12.1 Å². The Kier molecular flexibility index (Phi) is 6.88. The van der Waals surface area contributed by atoms with E-state index in [1.165, 1.54) is 12.1 Å². The Labute approximate surface area is 208 Å². The van der Waals surface area contributed by atoms with Crippen molar-refractivity contribution in [2.24, 2.45) is 5.73 Å². The molecular weight excluding hydrogens is 469 g/mol. The van der Waals surface area contributed by atoms with Crippen LogP contribution in [0.5, 0.6) is 0 Å². The van der Waals surface area contributed by atoms with Crippen LogP contribution in [0, 0.1) is 0 Å². The molecule has 2 aliphatic rings. The fourth-order valence-corrected chi connectivity index (χ4v) is 6.51. The van der Waals surface area contributed by atoms with Crippen LogP contribution in [0.2, 0.25) is 0 Å². The van der Waals surface area contributed by atoms with Gasteiger partial charge in [0.05, 0.1) is 16.0 Å². The Hall–Kier alpha value is -2.42. The van der Waals surface area contributed by atoms with Crippen molar-refractivity contribution in [3.8, 4) is 10.4 Å². The van der Waals surface area contributed by atoms with Gasteiger partial charge in [0.15, 0.2) is 0 Å². The molecule has 2 fully saturated rings. The minimum Gasteiger partial charge on any atom is -0.370 e. The summed E-state index contributed by atoms with van der Waals surface area (Å²) in [5.74, 6) is 0. The van der Waals surface area contributed by atoms with Crippen molar-refractivity contribution in [3.63, 3.8) is 0 Å². The Bertz CT molecular complexity index is 1120. The fourth-order valence-electron chi connectivity index (χ4n) is 5.40. The Morgan fingerprint density at radius 3 is 2.51 bits per heavy atom. The molecule has 1 saturated carbocycles. The third-order valence-electron chi connectivity index (χ3n) is 7.34. The van der Waals surface area contributed by atoms with Crippen LogP contribution in [-0.4, -0.2) is 30.2 Å². The third kappa shape index (κ3) is 5.25. The molecule has 1 aromatic heterocycles. The van der Waals surface area contributed by atoms with Crippen molar-refractivity contribution >= 4 is 17.0 Å². The Balaban J connectivity index is 1.30. The summed E-state index contributed by atoms with van der Waals surface area (Å²) in [5.41, 5.74) is 7.96. The molecule has 1 aliphatic carbocycles. The highest BCUT2D eigenvalue weighted by atomic mass is 32.1. The first-order valence-electron chi connectivity index (χ1n) is 12.3. The van der Waals surface area contributed by atoms with Gasteiger partial charge in [-0.05, 0) is 55.5 Å².